The lowest BCUT2D eigenvalue weighted by Gasteiger charge is -2.33. The molecule has 0 radical (unpaired) electrons. The Labute approximate surface area is 136 Å². The molecule has 1 aliphatic heterocycles. The Bertz CT molecular complexity index is 664. The molecule has 0 aromatic heterocycles. The lowest BCUT2D eigenvalue weighted by molar-refractivity contribution is -0.126. The molecule has 3 heteroatoms. The summed E-state index contributed by atoms with van der Waals surface area (Å²) in [7, 11) is 0. The van der Waals surface area contributed by atoms with Gasteiger partial charge >= 0.3 is 0 Å². The van der Waals surface area contributed by atoms with Crippen molar-refractivity contribution < 1.29 is 4.79 Å². The molecule has 22 heavy (non-hydrogen) atoms. The van der Waals surface area contributed by atoms with Gasteiger partial charge in [0.1, 0.15) is 0 Å². The van der Waals surface area contributed by atoms with E-state index >= 15 is 0 Å². The van der Waals surface area contributed by atoms with Gasteiger partial charge in [0.25, 0.3) is 0 Å². The van der Waals surface area contributed by atoms with Crippen molar-refractivity contribution in [1.82, 2.24) is 0 Å². The molecule has 0 bridgehead atoms. The lowest BCUT2D eigenvalue weighted by atomic mass is 9.82. The molecule has 1 heterocycles. The fraction of sp³-hybridized carbons (Fsp3) is 0.316. The van der Waals surface area contributed by atoms with Crippen LogP contribution in [-0.2, 0) is 4.79 Å². The number of carbonyl (C=O) groups excluding carboxylic acids is 1. The predicted molar refractivity (Wildman–Crippen MR) is 93.8 cm³/mol. The summed E-state index contributed by atoms with van der Waals surface area (Å²) in [4.78, 5) is 16.5. The van der Waals surface area contributed by atoms with Crippen molar-refractivity contribution >= 4 is 29.0 Å². The predicted octanol–water partition coefficient (Wildman–Crippen LogP) is 5.26. The molecular formula is C19H21NOS. The zero-order valence-corrected chi connectivity index (χ0v) is 13.9. The van der Waals surface area contributed by atoms with Crippen LogP contribution in [0.4, 0.5) is 11.4 Å². The number of rotatable bonds is 3. The van der Waals surface area contributed by atoms with Gasteiger partial charge in [0, 0.05) is 16.3 Å². The topological polar surface area (TPSA) is 20.3 Å². The Balaban J connectivity index is 2.19. The highest BCUT2D eigenvalue weighted by Gasteiger charge is 2.42. The molecule has 2 nitrogen and oxygen atoms in total. The average molecular weight is 311 g/mol. The van der Waals surface area contributed by atoms with Crippen molar-refractivity contribution in [2.45, 2.75) is 31.6 Å². The van der Waals surface area contributed by atoms with E-state index in [0.29, 0.717) is 0 Å². The lowest BCUT2D eigenvalue weighted by Crippen LogP contribution is -2.41. The van der Waals surface area contributed by atoms with Crippen LogP contribution < -0.4 is 4.90 Å². The highest BCUT2D eigenvalue weighted by molar-refractivity contribution is 7.99. The fourth-order valence-electron chi connectivity index (χ4n) is 2.98. The van der Waals surface area contributed by atoms with Gasteiger partial charge < -0.3 is 0 Å². The number of hydrogen-bond acceptors (Lipinski definition) is 2. The molecule has 3 rings (SSSR count). The number of fused-ring (bicyclic) bond motifs is 1. The van der Waals surface area contributed by atoms with Crippen LogP contribution in [0.5, 0.6) is 0 Å². The Morgan fingerprint density at radius 1 is 1.00 bits per heavy atom. The van der Waals surface area contributed by atoms with Gasteiger partial charge in [-0.25, -0.2) is 0 Å². The molecule has 0 spiro atoms. The molecule has 0 aliphatic carbocycles. The minimum Gasteiger partial charge on any atom is -0.279 e. The average Bonchev–Trinajstić information content (AvgIpc) is 2.70. The van der Waals surface area contributed by atoms with Gasteiger partial charge in [-0.1, -0.05) is 44.2 Å². The van der Waals surface area contributed by atoms with Gasteiger partial charge in [0.15, 0.2) is 0 Å². The van der Waals surface area contributed by atoms with Gasteiger partial charge in [-0.05, 0) is 37.1 Å². The first-order valence-corrected chi connectivity index (χ1v) is 8.82. The Kier molecular flexibility index (Phi) is 4.25. The molecule has 0 atom stereocenters. The molecule has 0 fully saturated rings. The second-order valence-electron chi connectivity index (χ2n) is 5.72. The summed E-state index contributed by atoms with van der Waals surface area (Å²) in [6.07, 6.45) is 1.74. The van der Waals surface area contributed by atoms with Crippen LogP contribution in [0.25, 0.3) is 0 Å². The van der Waals surface area contributed by atoms with Crippen LogP contribution in [0.1, 0.15) is 26.7 Å². The third-order valence-corrected chi connectivity index (χ3v) is 5.99. The maximum Gasteiger partial charge on any atom is 0.238 e. The van der Waals surface area contributed by atoms with Gasteiger partial charge in [-0.15, -0.1) is 11.8 Å². The van der Waals surface area contributed by atoms with Gasteiger partial charge in [0.2, 0.25) is 5.91 Å². The molecular weight excluding hydrogens is 290 g/mol. The number of anilines is 2. The molecule has 2 aromatic carbocycles. The van der Waals surface area contributed by atoms with E-state index in [0.717, 1.165) is 30.0 Å². The number of carbonyl (C=O) groups is 1. The van der Waals surface area contributed by atoms with Crippen molar-refractivity contribution in [2.24, 2.45) is 5.41 Å². The summed E-state index contributed by atoms with van der Waals surface area (Å²) >= 11 is 1.81. The van der Waals surface area contributed by atoms with E-state index in [2.05, 4.69) is 26.0 Å². The minimum absolute atomic E-state index is 0.223. The monoisotopic (exact) mass is 311 g/mol. The SMILES string of the molecule is CCC1(CC)CSc2ccccc2N(c2ccccc2)C1=O. The number of thioether (sulfide) groups is 1. The second-order valence-corrected chi connectivity index (χ2v) is 6.74. The molecule has 114 valence electrons. The highest BCUT2D eigenvalue weighted by Crippen LogP contribution is 2.46. The van der Waals surface area contributed by atoms with E-state index in [1.54, 1.807) is 11.8 Å². The normalized spacial score (nSPS) is 17.0. The molecule has 0 saturated heterocycles. The first-order valence-electron chi connectivity index (χ1n) is 7.83. The van der Waals surface area contributed by atoms with E-state index in [-0.39, 0.29) is 11.3 Å². The van der Waals surface area contributed by atoms with Crippen molar-refractivity contribution in [3.05, 3.63) is 54.6 Å². The summed E-state index contributed by atoms with van der Waals surface area (Å²) in [6, 6.07) is 18.2. The number of nitrogens with zero attached hydrogens (tertiary/aromatic N) is 1. The maximum atomic E-state index is 13.4. The minimum atomic E-state index is -0.292. The van der Waals surface area contributed by atoms with E-state index in [9.17, 15) is 4.79 Å². The maximum absolute atomic E-state index is 13.4. The summed E-state index contributed by atoms with van der Waals surface area (Å²) in [5.74, 6) is 1.07. The largest absolute Gasteiger partial charge is 0.279 e. The number of para-hydroxylation sites is 2. The standard InChI is InChI=1S/C19H21NOS/c1-3-19(4-2)14-22-17-13-9-8-12-16(17)20(18(19)21)15-10-6-5-7-11-15/h5-13H,3-4,14H2,1-2H3. The smallest absolute Gasteiger partial charge is 0.238 e. The summed E-state index contributed by atoms with van der Waals surface area (Å²) < 4.78 is 0. The third-order valence-electron chi connectivity index (χ3n) is 4.63. The van der Waals surface area contributed by atoms with Crippen molar-refractivity contribution in [1.29, 1.82) is 0 Å². The van der Waals surface area contributed by atoms with Gasteiger partial charge in [0.05, 0.1) is 11.1 Å². The van der Waals surface area contributed by atoms with Crippen molar-refractivity contribution in [3.63, 3.8) is 0 Å². The summed E-state index contributed by atoms with van der Waals surface area (Å²) in [5, 5.41) is 0. The molecule has 0 N–H and O–H groups in total. The quantitative estimate of drug-likeness (QED) is 0.770. The van der Waals surface area contributed by atoms with Crippen LogP contribution >= 0.6 is 11.8 Å². The summed E-state index contributed by atoms with van der Waals surface area (Å²) in [6.45, 7) is 4.25. The first kappa shape index (κ1) is 15.2. The van der Waals surface area contributed by atoms with E-state index in [4.69, 9.17) is 0 Å². The number of amides is 1. The van der Waals surface area contributed by atoms with E-state index in [1.807, 2.05) is 47.4 Å². The Hall–Kier alpha value is -1.74. The molecule has 1 aliphatic rings. The van der Waals surface area contributed by atoms with Crippen molar-refractivity contribution in [3.8, 4) is 0 Å². The zero-order valence-electron chi connectivity index (χ0n) is 13.1. The Morgan fingerprint density at radius 2 is 1.64 bits per heavy atom. The Morgan fingerprint density at radius 3 is 2.32 bits per heavy atom. The van der Waals surface area contributed by atoms with Crippen LogP contribution in [0.3, 0.4) is 0 Å². The third kappa shape index (κ3) is 2.44. The second kappa shape index (κ2) is 6.17. The highest BCUT2D eigenvalue weighted by atomic mass is 32.2. The molecule has 1 amide bonds. The summed E-state index contributed by atoms with van der Waals surface area (Å²) in [5.41, 5.74) is 1.67. The first-order chi connectivity index (χ1) is 10.7. The van der Waals surface area contributed by atoms with Crippen LogP contribution in [0, 0.1) is 5.41 Å². The molecule has 0 unspecified atom stereocenters. The number of hydrogen-bond donors (Lipinski definition) is 0. The van der Waals surface area contributed by atoms with E-state index in [1.165, 1.54) is 4.90 Å². The molecule has 2 aromatic rings. The van der Waals surface area contributed by atoms with Crippen LogP contribution in [0.2, 0.25) is 0 Å². The van der Waals surface area contributed by atoms with Crippen LogP contribution in [-0.4, -0.2) is 11.7 Å². The number of benzene rings is 2. The fourth-order valence-corrected chi connectivity index (χ4v) is 4.42. The van der Waals surface area contributed by atoms with Crippen molar-refractivity contribution in [2.75, 3.05) is 10.7 Å². The molecule has 0 saturated carbocycles. The zero-order chi connectivity index (χ0) is 15.6. The van der Waals surface area contributed by atoms with E-state index < -0.39 is 0 Å². The van der Waals surface area contributed by atoms with Gasteiger partial charge in [-0.3, -0.25) is 9.69 Å². The van der Waals surface area contributed by atoms with Crippen LogP contribution in [0.15, 0.2) is 59.5 Å². The van der Waals surface area contributed by atoms with Gasteiger partial charge in [-0.2, -0.15) is 0 Å².